The summed E-state index contributed by atoms with van der Waals surface area (Å²) in [4.78, 5) is 21.8. The second-order valence-corrected chi connectivity index (χ2v) is 3.06. The Morgan fingerprint density at radius 3 is 2.43 bits per heavy atom. The van der Waals surface area contributed by atoms with Crippen molar-refractivity contribution in [2.24, 2.45) is 0 Å². The van der Waals surface area contributed by atoms with Gasteiger partial charge in [-0.15, -0.1) is 0 Å². The van der Waals surface area contributed by atoms with Gasteiger partial charge in [-0.1, -0.05) is 19.8 Å². The van der Waals surface area contributed by atoms with Gasteiger partial charge in [-0.3, -0.25) is 10.1 Å². The minimum atomic E-state index is -1.15. The third-order valence-electron chi connectivity index (χ3n) is 1.88. The molecule has 0 saturated heterocycles. The first kappa shape index (κ1) is 12.9. The standard InChI is InChI=1S/C9H18N2O3/c1-3-4-5-6-11-8(12)7(10-2)9(13)14/h7,10H,3-6H2,1-2H3,(H,11,12)(H,13,14). The maximum absolute atomic E-state index is 11.2. The van der Waals surface area contributed by atoms with E-state index in [1.54, 1.807) is 0 Å². The molecule has 0 saturated carbocycles. The van der Waals surface area contributed by atoms with E-state index in [4.69, 9.17) is 5.11 Å². The van der Waals surface area contributed by atoms with Crippen LogP contribution >= 0.6 is 0 Å². The number of carboxylic acid groups (broad SMARTS) is 1. The minimum absolute atomic E-state index is 0.476. The number of rotatable bonds is 7. The van der Waals surface area contributed by atoms with Crippen LogP contribution in [0.5, 0.6) is 0 Å². The normalized spacial score (nSPS) is 12.1. The van der Waals surface area contributed by atoms with Crippen molar-refractivity contribution in [1.29, 1.82) is 0 Å². The number of carbonyl (C=O) groups is 2. The summed E-state index contributed by atoms with van der Waals surface area (Å²) in [6, 6.07) is -1.14. The fraction of sp³-hybridized carbons (Fsp3) is 0.778. The van der Waals surface area contributed by atoms with E-state index >= 15 is 0 Å². The van der Waals surface area contributed by atoms with Crippen LogP contribution < -0.4 is 10.6 Å². The smallest absolute Gasteiger partial charge is 0.330 e. The van der Waals surface area contributed by atoms with Crippen molar-refractivity contribution in [3.05, 3.63) is 0 Å². The second-order valence-electron chi connectivity index (χ2n) is 3.06. The molecular formula is C9H18N2O3. The molecule has 1 amide bonds. The monoisotopic (exact) mass is 202 g/mol. The Labute approximate surface area is 83.9 Å². The molecule has 0 rings (SSSR count). The number of unbranched alkanes of at least 4 members (excludes halogenated alkanes) is 2. The van der Waals surface area contributed by atoms with Crippen LogP contribution in [0.2, 0.25) is 0 Å². The van der Waals surface area contributed by atoms with Gasteiger partial charge < -0.3 is 10.4 Å². The average molecular weight is 202 g/mol. The molecule has 0 bridgehead atoms. The van der Waals surface area contributed by atoms with E-state index in [-0.39, 0.29) is 0 Å². The van der Waals surface area contributed by atoms with Crippen LogP contribution in [0.4, 0.5) is 0 Å². The third kappa shape index (κ3) is 4.81. The fourth-order valence-corrected chi connectivity index (χ4v) is 1.06. The predicted molar refractivity (Wildman–Crippen MR) is 53.0 cm³/mol. The Kier molecular flexibility index (Phi) is 6.74. The Balaban J connectivity index is 3.76. The summed E-state index contributed by atoms with van der Waals surface area (Å²) in [5, 5.41) is 13.6. The molecule has 5 heteroatoms. The molecule has 0 aliphatic heterocycles. The number of nitrogens with one attached hydrogen (secondary N) is 2. The summed E-state index contributed by atoms with van der Waals surface area (Å²) in [6.45, 7) is 2.60. The SMILES string of the molecule is CCCCCNC(=O)C(NC)C(=O)O. The summed E-state index contributed by atoms with van der Waals surface area (Å²) in [5.41, 5.74) is 0. The topological polar surface area (TPSA) is 78.4 Å². The number of amides is 1. The van der Waals surface area contributed by atoms with Gasteiger partial charge in [0.15, 0.2) is 6.04 Å². The van der Waals surface area contributed by atoms with Crippen LogP contribution in [0, 0.1) is 0 Å². The van der Waals surface area contributed by atoms with Gasteiger partial charge in [-0.25, -0.2) is 4.79 Å². The Bertz CT molecular complexity index is 194. The second kappa shape index (κ2) is 7.32. The number of likely N-dealkylation sites (N-methyl/N-ethyl adjacent to an activating group) is 1. The zero-order chi connectivity index (χ0) is 11.0. The Hall–Kier alpha value is -1.10. The van der Waals surface area contributed by atoms with Crippen molar-refractivity contribution < 1.29 is 14.7 Å². The number of hydrogen-bond acceptors (Lipinski definition) is 3. The van der Waals surface area contributed by atoms with Gasteiger partial charge in [0.05, 0.1) is 0 Å². The summed E-state index contributed by atoms with van der Waals surface area (Å²) >= 11 is 0. The Morgan fingerprint density at radius 2 is 2.00 bits per heavy atom. The van der Waals surface area contributed by atoms with E-state index in [1.807, 2.05) is 0 Å². The van der Waals surface area contributed by atoms with Crippen molar-refractivity contribution in [2.75, 3.05) is 13.6 Å². The minimum Gasteiger partial charge on any atom is -0.480 e. The van der Waals surface area contributed by atoms with E-state index < -0.39 is 17.9 Å². The maximum Gasteiger partial charge on any atom is 0.330 e. The van der Waals surface area contributed by atoms with Crippen LogP contribution in [0.3, 0.4) is 0 Å². The maximum atomic E-state index is 11.2. The summed E-state index contributed by atoms with van der Waals surface area (Å²) in [6.07, 6.45) is 3.00. The predicted octanol–water partition coefficient (Wildman–Crippen LogP) is -0.0346. The van der Waals surface area contributed by atoms with Gasteiger partial charge in [0.1, 0.15) is 0 Å². The molecular weight excluding hydrogens is 184 g/mol. The van der Waals surface area contributed by atoms with E-state index in [2.05, 4.69) is 17.6 Å². The number of carbonyl (C=O) groups excluding carboxylic acids is 1. The lowest BCUT2D eigenvalue weighted by Crippen LogP contribution is -2.48. The molecule has 3 N–H and O–H groups in total. The van der Waals surface area contributed by atoms with Gasteiger partial charge in [0.2, 0.25) is 5.91 Å². The third-order valence-corrected chi connectivity index (χ3v) is 1.88. The lowest BCUT2D eigenvalue weighted by Gasteiger charge is -2.11. The number of hydrogen-bond donors (Lipinski definition) is 3. The van der Waals surface area contributed by atoms with Crippen LogP contribution in [0.25, 0.3) is 0 Å². The van der Waals surface area contributed by atoms with E-state index in [0.29, 0.717) is 6.54 Å². The average Bonchev–Trinajstić information content (AvgIpc) is 2.13. The van der Waals surface area contributed by atoms with Crippen LogP contribution in [0.15, 0.2) is 0 Å². The molecule has 0 radical (unpaired) electrons. The van der Waals surface area contributed by atoms with Gasteiger partial charge >= 0.3 is 5.97 Å². The molecule has 0 aliphatic carbocycles. The summed E-state index contributed by atoms with van der Waals surface area (Å²) < 4.78 is 0. The molecule has 1 unspecified atom stereocenters. The fourth-order valence-electron chi connectivity index (χ4n) is 1.06. The molecule has 1 atom stereocenters. The first-order valence-electron chi connectivity index (χ1n) is 4.81. The molecule has 0 aromatic rings. The molecule has 0 aromatic carbocycles. The molecule has 5 nitrogen and oxygen atoms in total. The van der Waals surface area contributed by atoms with Crippen molar-refractivity contribution >= 4 is 11.9 Å². The van der Waals surface area contributed by atoms with Gasteiger partial charge in [0.25, 0.3) is 0 Å². The van der Waals surface area contributed by atoms with Crippen molar-refractivity contribution in [1.82, 2.24) is 10.6 Å². The molecule has 82 valence electrons. The molecule has 0 spiro atoms. The zero-order valence-corrected chi connectivity index (χ0v) is 8.67. The van der Waals surface area contributed by atoms with Crippen LogP contribution in [-0.2, 0) is 9.59 Å². The lowest BCUT2D eigenvalue weighted by atomic mass is 10.2. The Morgan fingerprint density at radius 1 is 1.36 bits per heavy atom. The highest BCUT2D eigenvalue weighted by molar-refractivity contribution is 6.01. The van der Waals surface area contributed by atoms with Crippen molar-refractivity contribution in [3.8, 4) is 0 Å². The molecule has 14 heavy (non-hydrogen) atoms. The zero-order valence-electron chi connectivity index (χ0n) is 8.67. The van der Waals surface area contributed by atoms with Crippen LogP contribution in [0.1, 0.15) is 26.2 Å². The van der Waals surface area contributed by atoms with Crippen molar-refractivity contribution in [3.63, 3.8) is 0 Å². The molecule has 0 aliphatic rings. The van der Waals surface area contributed by atoms with E-state index in [0.717, 1.165) is 19.3 Å². The molecule has 0 heterocycles. The van der Waals surface area contributed by atoms with E-state index in [1.165, 1.54) is 7.05 Å². The lowest BCUT2D eigenvalue weighted by molar-refractivity contribution is -0.143. The number of carboxylic acids is 1. The van der Waals surface area contributed by atoms with Gasteiger partial charge in [-0.2, -0.15) is 0 Å². The van der Waals surface area contributed by atoms with Crippen LogP contribution in [-0.4, -0.2) is 36.6 Å². The number of aliphatic carboxylic acids is 1. The first-order valence-corrected chi connectivity index (χ1v) is 4.81. The summed E-state index contributed by atoms with van der Waals surface area (Å²) in [5.74, 6) is -1.63. The van der Waals surface area contributed by atoms with Crippen molar-refractivity contribution in [2.45, 2.75) is 32.2 Å². The molecule has 0 aromatic heterocycles. The van der Waals surface area contributed by atoms with E-state index in [9.17, 15) is 9.59 Å². The summed E-state index contributed by atoms with van der Waals surface area (Å²) in [7, 11) is 1.45. The largest absolute Gasteiger partial charge is 0.480 e. The highest BCUT2D eigenvalue weighted by Crippen LogP contribution is 1.91. The highest BCUT2D eigenvalue weighted by atomic mass is 16.4. The first-order chi connectivity index (χ1) is 6.63. The quantitative estimate of drug-likeness (QED) is 0.400. The molecule has 0 fully saturated rings. The van der Waals surface area contributed by atoms with Gasteiger partial charge in [0, 0.05) is 6.54 Å². The van der Waals surface area contributed by atoms with Gasteiger partial charge in [-0.05, 0) is 13.5 Å². The highest BCUT2D eigenvalue weighted by Gasteiger charge is 2.23.